The van der Waals surface area contributed by atoms with Gasteiger partial charge in [-0.1, -0.05) is 12.8 Å². The number of methoxy groups -OCH3 is 1. The highest BCUT2D eigenvalue weighted by Crippen LogP contribution is 2.31. The summed E-state index contributed by atoms with van der Waals surface area (Å²) >= 11 is 0. The molecule has 0 amide bonds. The molecular formula is C12H21NO2. The maximum absolute atomic E-state index is 11.3. The lowest BCUT2D eigenvalue weighted by atomic mass is 9.88. The number of hydrogen-bond donors (Lipinski definition) is 0. The van der Waals surface area contributed by atoms with Crippen molar-refractivity contribution in [2.24, 2.45) is 0 Å². The Morgan fingerprint density at radius 2 is 2.07 bits per heavy atom. The molecular weight excluding hydrogens is 190 g/mol. The summed E-state index contributed by atoms with van der Waals surface area (Å²) in [5.74, 6) is -0.0498. The Bertz CT molecular complexity index is 228. The summed E-state index contributed by atoms with van der Waals surface area (Å²) in [6.07, 6.45) is 8.37. The van der Waals surface area contributed by atoms with Crippen molar-refractivity contribution < 1.29 is 9.53 Å². The second-order valence-corrected chi connectivity index (χ2v) is 4.75. The number of esters is 1. The lowest BCUT2D eigenvalue weighted by Gasteiger charge is -2.44. The first-order chi connectivity index (χ1) is 7.31. The third-order valence-corrected chi connectivity index (χ3v) is 3.85. The second-order valence-electron chi connectivity index (χ2n) is 4.75. The zero-order valence-electron chi connectivity index (χ0n) is 9.58. The number of piperidine rings is 2. The van der Waals surface area contributed by atoms with Gasteiger partial charge in [-0.25, -0.2) is 0 Å². The summed E-state index contributed by atoms with van der Waals surface area (Å²) in [4.78, 5) is 13.9. The molecule has 0 aromatic heterocycles. The van der Waals surface area contributed by atoms with Crippen molar-refractivity contribution in [3.63, 3.8) is 0 Å². The third-order valence-electron chi connectivity index (χ3n) is 3.85. The van der Waals surface area contributed by atoms with Gasteiger partial charge in [-0.2, -0.15) is 0 Å². The summed E-state index contributed by atoms with van der Waals surface area (Å²) in [5.41, 5.74) is 0. The van der Waals surface area contributed by atoms with E-state index in [0.29, 0.717) is 12.5 Å². The van der Waals surface area contributed by atoms with Crippen LogP contribution >= 0.6 is 0 Å². The van der Waals surface area contributed by atoms with Crippen LogP contribution in [-0.2, 0) is 9.53 Å². The van der Waals surface area contributed by atoms with E-state index in [4.69, 9.17) is 4.74 Å². The molecule has 2 aliphatic rings. The van der Waals surface area contributed by atoms with Gasteiger partial charge in [-0.15, -0.1) is 0 Å². The monoisotopic (exact) mass is 211 g/mol. The SMILES string of the molecule is COC(=O)C[C@@H]1CCC[C@@H]2CCCCN21. The van der Waals surface area contributed by atoms with Gasteiger partial charge in [0, 0.05) is 12.1 Å². The lowest BCUT2D eigenvalue weighted by molar-refractivity contribution is -0.143. The van der Waals surface area contributed by atoms with Crippen LogP contribution in [0, 0.1) is 0 Å². The van der Waals surface area contributed by atoms with Gasteiger partial charge < -0.3 is 4.74 Å². The molecule has 2 atom stereocenters. The van der Waals surface area contributed by atoms with Crippen molar-refractivity contribution in [1.29, 1.82) is 0 Å². The number of fused-ring (bicyclic) bond motifs is 1. The standard InChI is InChI=1S/C12H21NO2/c1-15-12(14)9-11-7-4-6-10-5-2-3-8-13(10)11/h10-11H,2-9H2,1H3/t10-,11-/m0/s1. The number of hydrogen-bond acceptors (Lipinski definition) is 3. The summed E-state index contributed by atoms with van der Waals surface area (Å²) in [7, 11) is 1.48. The van der Waals surface area contributed by atoms with Gasteiger partial charge in [0.1, 0.15) is 0 Å². The Balaban J connectivity index is 1.94. The minimum atomic E-state index is -0.0498. The highest BCUT2D eigenvalue weighted by Gasteiger charge is 2.33. The van der Waals surface area contributed by atoms with E-state index in [1.54, 1.807) is 0 Å². The van der Waals surface area contributed by atoms with Crippen molar-refractivity contribution in [2.45, 2.75) is 57.0 Å². The molecule has 0 spiro atoms. The Kier molecular flexibility index (Phi) is 3.62. The van der Waals surface area contributed by atoms with E-state index in [0.717, 1.165) is 6.04 Å². The predicted octanol–water partition coefficient (Wildman–Crippen LogP) is 1.96. The van der Waals surface area contributed by atoms with E-state index in [-0.39, 0.29) is 5.97 Å². The molecule has 0 N–H and O–H groups in total. The molecule has 0 bridgehead atoms. The average Bonchev–Trinajstić information content (AvgIpc) is 2.29. The van der Waals surface area contributed by atoms with E-state index < -0.39 is 0 Å². The smallest absolute Gasteiger partial charge is 0.307 e. The fourth-order valence-electron chi connectivity index (χ4n) is 3.06. The van der Waals surface area contributed by atoms with E-state index in [1.165, 1.54) is 52.2 Å². The number of nitrogens with zero attached hydrogens (tertiary/aromatic N) is 1. The largest absolute Gasteiger partial charge is 0.469 e. The van der Waals surface area contributed by atoms with E-state index >= 15 is 0 Å². The molecule has 2 rings (SSSR count). The summed E-state index contributed by atoms with van der Waals surface area (Å²) in [5, 5.41) is 0. The van der Waals surface area contributed by atoms with E-state index in [9.17, 15) is 4.79 Å². The number of rotatable bonds is 2. The van der Waals surface area contributed by atoms with Gasteiger partial charge in [0.25, 0.3) is 0 Å². The Morgan fingerprint density at radius 3 is 2.87 bits per heavy atom. The van der Waals surface area contributed by atoms with Gasteiger partial charge in [0.15, 0.2) is 0 Å². The first-order valence-electron chi connectivity index (χ1n) is 6.14. The van der Waals surface area contributed by atoms with Crippen LogP contribution in [0.25, 0.3) is 0 Å². The van der Waals surface area contributed by atoms with Crippen LogP contribution in [0.2, 0.25) is 0 Å². The van der Waals surface area contributed by atoms with Gasteiger partial charge in [0.2, 0.25) is 0 Å². The quantitative estimate of drug-likeness (QED) is 0.654. The van der Waals surface area contributed by atoms with Gasteiger partial charge in [-0.05, 0) is 32.2 Å². The average molecular weight is 211 g/mol. The van der Waals surface area contributed by atoms with Crippen LogP contribution < -0.4 is 0 Å². The van der Waals surface area contributed by atoms with Crippen molar-refractivity contribution in [3.8, 4) is 0 Å². The maximum Gasteiger partial charge on any atom is 0.307 e. The van der Waals surface area contributed by atoms with Crippen molar-refractivity contribution in [3.05, 3.63) is 0 Å². The Hall–Kier alpha value is -0.570. The molecule has 0 aromatic rings. The van der Waals surface area contributed by atoms with Crippen molar-refractivity contribution in [1.82, 2.24) is 4.90 Å². The minimum Gasteiger partial charge on any atom is -0.469 e. The Labute approximate surface area is 91.8 Å². The van der Waals surface area contributed by atoms with Gasteiger partial charge in [0.05, 0.1) is 13.5 Å². The molecule has 0 aliphatic carbocycles. The van der Waals surface area contributed by atoms with Crippen LogP contribution in [0.1, 0.15) is 44.9 Å². The molecule has 2 heterocycles. The minimum absolute atomic E-state index is 0.0498. The topological polar surface area (TPSA) is 29.5 Å². The zero-order valence-corrected chi connectivity index (χ0v) is 9.58. The number of ether oxygens (including phenoxy) is 1. The van der Waals surface area contributed by atoms with Crippen molar-refractivity contribution >= 4 is 5.97 Å². The third kappa shape index (κ3) is 2.51. The molecule has 0 saturated carbocycles. The zero-order chi connectivity index (χ0) is 10.7. The van der Waals surface area contributed by atoms with Crippen LogP contribution in [0.5, 0.6) is 0 Å². The van der Waals surface area contributed by atoms with E-state index in [1.807, 2.05) is 0 Å². The van der Waals surface area contributed by atoms with Crippen LogP contribution in [-0.4, -0.2) is 36.6 Å². The molecule has 3 heteroatoms. The fourth-order valence-corrected chi connectivity index (χ4v) is 3.06. The molecule has 2 fully saturated rings. The number of carbonyl (C=O) groups excluding carboxylic acids is 1. The molecule has 2 aliphatic heterocycles. The molecule has 2 saturated heterocycles. The van der Waals surface area contributed by atoms with Gasteiger partial charge in [-0.3, -0.25) is 9.69 Å². The predicted molar refractivity (Wildman–Crippen MR) is 58.6 cm³/mol. The summed E-state index contributed by atoms with van der Waals surface area (Å²) in [6.45, 7) is 1.19. The molecule has 3 nitrogen and oxygen atoms in total. The lowest BCUT2D eigenvalue weighted by Crippen LogP contribution is -2.49. The van der Waals surface area contributed by atoms with Gasteiger partial charge >= 0.3 is 5.97 Å². The molecule has 0 radical (unpaired) electrons. The molecule has 0 unspecified atom stereocenters. The molecule has 86 valence electrons. The van der Waals surface area contributed by atoms with Crippen LogP contribution in [0.15, 0.2) is 0 Å². The van der Waals surface area contributed by atoms with Crippen LogP contribution in [0.4, 0.5) is 0 Å². The first kappa shape index (κ1) is 10.9. The highest BCUT2D eigenvalue weighted by molar-refractivity contribution is 5.69. The number of carbonyl (C=O) groups is 1. The summed E-state index contributed by atoms with van der Waals surface area (Å²) in [6, 6.07) is 1.21. The van der Waals surface area contributed by atoms with Crippen LogP contribution in [0.3, 0.4) is 0 Å². The molecule has 15 heavy (non-hydrogen) atoms. The van der Waals surface area contributed by atoms with E-state index in [2.05, 4.69) is 4.90 Å². The fraction of sp³-hybridized carbons (Fsp3) is 0.917. The Morgan fingerprint density at radius 1 is 1.27 bits per heavy atom. The second kappa shape index (κ2) is 4.97. The summed E-state index contributed by atoms with van der Waals surface area (Å²) < 4.78 is 4.77. The normalized spacial score (nSPS) is 32.1. The molecule has 0 aromatic carbocycles. The highest BCUT2D eigenvalue weighted by atomic mass is 16.5. The van der Waals surface area contributed by atoms with Crippen molar-refractivity contribution in [2.75, 3.05) is 13.7 Å². The first-order valence-corrected chi connectivity index (χ1v) is 6.14. The maximum atomic E-state index is 11.3.